The summed E-state index contributed by atoms with van der Waals surface area (Å²) < 4.78 is 42.0. The first kappa shape index (κ1) is 27.9. The Kier molecular flexibility index (Phi) is 9.41. The van der Waals surface area contributed by atoms with Gasteiger partial charge in [-0.3, -0.25) is 13.9 Å². The summed E-state index contributed by atoms with van der Waals surface area (Å²) in [5, 5.41) is 2.58. The Morgan fingerprint density at radius 3 is 2.03 bits per heavy atom. The van der Waals surface area contributed by atoms with Gasteiger partial charge in [0.1, 0.15) is 18.4 Å². The van der Waals surface area contributed by atoms with Crippen LogP contribution < -0.4 is 9.62 Å². The van der Waals surface area contributed by atoms with Crippen LogP contribution >= 0.6 is 0 Å². The van der Waals surface area contributed by atoms with E-state index in [1.807, 2.05) is 19.1 Å². The molecule has 0 aliphatic rings. The van der Waals surface area contributed by atoms with Gasteiger partial charge in [-0.25, -0.2) is 12.8 Å². The molecule has 0 saturated heterocycles. The van der Waals surface area contributed by atoms with Crippen LogP contribution in [0.2, 0.25) is 0 Å². The van der Waals surface area contributed by atoms with Gasteiger partial charge in [0.25, 0.3) is 10.0 Å². The summed E-state index contributed by atoms with van der Waals surface area (Å²) in [6.45, 7) is 3.26. The largest absolute Gasteiger partial charge is 0.357 e. The van der Waals surface area contributed by atoms with Crippen LogP contribution in [0.3, 0.4) is 0 Å². The molecule has 2 amide bonds. The van der Waals surface area contributed by atoms with E-state index in [0.29, 0.717) is 17.7 Å². The number of sulfonamides is 1. The highest BCUT2D eigenvalue weighted by Gasteiger charge is 2.33. The molecule has 0 fully saturated rings. The Bertz CT molecular complexity index is 1300. The first-order valence-corrected chi connectivity index (χ1v) is 13.6. The van der Waals surface area contributed by atoms with Crippen molar-refractivity contribution in [2.24, 2.45) is 0 Å². The fraction of sp³-hybridized carbons (Fsp3) is 0.286. The van der Waals surface area contributed by atoms with E-state index < -0.39 is 34.3 Å². The maximum absolute atomic E-state index is 13.8. The van der Waals surface area contributed by atoms with E-state index >= 15 is 0 Å². The number of aryl methyl sites for hydroxylation is 1. The van der Waals surface area contributed by atoms with Crippen LogP contribution in [0, 0.1) is 5.82 Å². The minimum atomic E-state index is -4.10. The van der Waals surface area contributed by atoms with Crippen LogP contribution in [0.4, 0.5) is 10.1 Å². The second-order valence-corrected chi connectivity index (χ2v) is 10.4. The molecule has 9 heteroatoms. The zero-order valence-electron chi connectivity index (χ0n) is 21.2. The van der Waals surface area contributed by atoms with Gasteiger partial charge in [-0.1, -0.05) is 56.3 Å². The van der Waals surface area contributed by atoms with Gasteiger partial charge in [-0.2, -0.15) is 0 Å². The number of carbonyl (C=O) groups is 2. The van der Waals surface area contributed by atoms with Crippen molar-refractivity contribution in [3.8, 4) is 0 Å². The monoisotopic (exact) mass is 525 g/mol. The summed E-state index contributed by atoms with van der Waals surface area (Å²) in [6.07, 6.45) is 1.09. The average Bonchev–Trinajstić information content (AvgIpc) is 2.92. The van der Waals surface area contributed by atoms with E-state index in [1.54, 1.807) is 37.3 Å². The number of carbonyl (C=O) groups excluding carboxylic acids is 2. The summed E-state index contributed by atoms with van der Waals surface area (Å²) in [5.74, 6) is -1.35. The molecule has 1 atom stereocenters. The van der Waals surface area contributed by atoms with E-state index in [-0.39, 0.29) is 17.3 Å². The molecule has 1 N–H and O–H groups in total. The van der Waals surface area contributed by atoms with Crippen molar-refractivity contribution in [2.45, 2.75) is 44.2 Å². The van der Waals surface area contributed by atoms with Crippen LogP contribution in [0.1, 0.15) is 31.4 Å². The van der Waals surface area contributed by atoms with Crippen LogP contribution in [0.5, 0.6) is 0 Å². The Hall–Kier alpha value is -3.72. The quantitative estimate of drug-likeness (QED) is 0.408. The van der Waals surface area contributed by atoms with Crippen LogP contribution in [0.25, 0.3) is 0 Å². The number of rotatable bonds is 11. The van der Waals surface area contributed by atoms with Crippen molar-refractivity contribution in [1.82, 2.24) is 10.2 Å². The first-order chi connectivity index (χ1) is 17.7. The predicted octanol–water partition coefficient (Wildman–Crippen LogP) is 4.14. The standard InChI is InChI=1S/C28H32FN3O4S/c1-4-21-13-17-24(18-14-21)32(37(35,36)25-9-7-6-8-10-25)20-27(33)31(26(5-2)28(34)30-3)19-22-11-15-23(29)16-12-22/h6-18,26H,4-5,19-20H2,1-3H3,(H,30,34)/t26-/m0/s1. The molecule has 0 heterocycles. The minimum absolute atomic E-state index is 0.0129. The van der Waals surface area contributed by atoms with E-state index in [4.69, 9.17) is 0 Å². The maximum Gasteiger partial charge on any atom is 0.264 e. The van der Waals surface area contributed by atoms with Crippen LogP contribution in [0.15, 0.2) is 83.8 Å². The molecular weight excluding hydrogens is 493 g/mol. The van der Waals surface area contributed by atoms with E-state index in [1.165, 1.54) is 48.3 Å². The van der Waals surface area contributed by atoms with Gasteiger partial charge in [0, 0.05) is 13.6 Å². The number of hydrogen-bond donors (Lipinski definition) is 1. The lowest BCUT2D eigenvalue weighted by Gasteiger charge is -2.33. The Labute approximate surface area is 218 Å². The van der Waals surface area contributed by atoms with Crippen LogP contribution in [-0.4, -0.2) is 44.8 Å². The second-order valence-electron chi connectivity index (χ2n) is 8.53. The topological polar surface area (TPSA) is 86.8 Å². The average molecular weight is 526 g/mol. The molecule has 3 aromatic rings. The summed E-state index contributed by atoms with van der Waals surface area (Å²) in [5.41, 5.74) is 1.97. The first-order valence-electron chi connectivity index (χ1n) is 12.1. The Balaban J connectivity index is 2.04. The fourth-order valence-corrected chi connectivity index (χ4v) is 5.45. The highest BCUT2D eigenvalue weighted by molar-refractivity contribution is 7.92. The van der Waals surface area contributed by atoms with Crippen molar-refractivity contribution in [3.05, 3.63) is 95.8 Å². The van der Waals surface area contributed by atoms with E-state index in [0.717, 1.165) is 16.3 Å². The fourth-order valence-electron chi connectivity index (χ4n) is 4.02. The number of hydrogen-bond acceptors (Lipinski definition) is 4. The number of likely N-dealkylation sites (N-methyl/N-ethyl adjacent to an activating group) is 1. The third kappa shape index (κ3) is 6.74. The van der Waals surface area contributed by atoms with Gasteiger partial charge < -0.3 is 10.2 Å². The molecule has 0 spiro atoms. The number of benzene rings is 3. The highest BCUT2D eigenvalue weighted by Crippen LogP contribution is 2.25. The SMILES string of the molecule is CCc1ccc(N(CC(=O)N(Cc2ccc(F)cc2)[C@@H](CC)C(=O)NC)S(=O)(=O)c2ccccc2)cc1. The third-order valence-corrected chi connectivity index (χ3v) is 7.93. The molecule has 3 rings (SSSR count). The Morgan fingerprint density at radius 1 is 0.892 bits per heavy atom. The van der Waals surface area contributed by atoms with Gasteiger partial charge in [-0.15, -0.1) is 0 Å². The lowest BCUT2D eigenvalue weighted by molar-refractivity contribution is -0.140. The molecule has 0 saturated carbocycles. The van der Waals surface area contributed by atoms with E-state index in [9.17, 15) is 22.4 Å². The number of halogens is 1. The van der Waals surface area contributed by atoms with Crippen LogP contribution in [-0.2, 0) is 32.6 Å². The maximum atomic E-state index is 13.8. The smallest absolute Gasteiger partial charge is 0.264 e. The molecule has 7 nitrogen and oxygen atoms in total. The third-order valence-electron chi connectivity index (χ3n) is 6.14. The number of nitrogens with zero attached hydrogens (tertiary/aromatic N) is 2. The number of anilines is 1. The highest BCUT2D eigenvalue weighted by atomic mass is 32.2. The number of nitrogens with one attached hydrogen (secondary N) is 1. The van der Waals surface area contributed by atoms with Crippen molar-refractivity contribution >= 4 is 27.5 Å². The summed E-state index contributed by atoms with van der Waals surface area (Å²) >= 11 is 0. The molecule has 196 valence electrons. The molecule has 37 heavy (non-hydrogen) atoms. The molecule has 0 unspecified atom stereocenters. The van der Waals surface area contributed by atoms with Gasteiger partial charge in [-0.05, 0) is 60.4 Å². The van der Waals surface area contributed by atoms with Crippen molar-refractivity contribution in [2.75, 3.05) is 17.9 Å². The zero-order valence-corrected chi connectivity index (χ0v) is 22.0. The molecule has 0 bridgehead atoms. The van der Waals surface area contributed by atoms with Crippen molar-refractivity contribution < 1.29 is 22.4 Å². The summed E-state index contributed by atoms with van der Waals surface area (Å²) in [7, 11) is -2.62. The zero-order chi connectivity index (χ0) is 27.0. The van der Waals surface area contributed by atoms with Crippen molar-refractivity contribution in [1.29, 1.82) is 0 Å². The lowest BCUT2D eigenvalue weighted by atomic mass is 10.1. The molecule has 0 aliphatic carbocycles. The number of amides is 2. The second kappa shape index (κ2) is 12.5. The predicted molar refractivity (Wildman–Crippen MR) is 142 cm³/mol. The van der Waals surface area contributed by atoms with E-state index in [2.05, 4.69) is 5.32 Å². The molecule has 0 radical (unpaired) electrons. The molecule has 0 aromatic heterocycles. The van der Waals surface area contributed by atoms with Gasteiger partial charge in [0.15, 0.2) is 0 Å². The molecule has 3 aromatic carbocycles. The van der Waals surface area contributed by atoms with Gasteiger partial charge >= 0.3 is 0 Å². The molecule has 0 aliphatic heterocycles. The molecular formula is C28H32FN3O4S. The van der Waals surface area contributed by atoms with Gasteiger partial charge in [0.2, 0.25) is 11.8 Å². The Morgan fingerprint density at radius 2 is 1.49 bits per heavy atom. The minimum Gasteiger partial charge on any atom is -0.357 e. The normalized spacial score (nSPS) is 12.0. The summed E-state index contributed by atoms with van der Waals surface area (Å²) in [6, 6.07) is 19.7. The lowest BCUT2D eigenvalue weighted by Crippen LogP contribution is -2.51. The van der Waals surface area contributed by atoms with Crippen molar-refractivity contribution in [3.63, 3.8) is 0 Å². The van der Waals surface area contributed by atoms with Gasteiger partial charge in [0.05, 0.1) is 10.6 Å². The summed E-state index contributed by atoms with van der Waals surface area (Å²) in [4.78, 5) is 27.9.